The summed E-state index contributed by atoms with van der Waals surface area (Å²) < 4.78 is 71.1. The average molecular weight is 425 g/mol. The summed E-state index contributed by atoms with van der Waals surface area (Å²) in [5.74, 6) is 0.836. The van der Waals surface area contributed by atoms with E-state index in [1.807, 2.05) is 18.2 Å². The van der Waals surface area contributed by atoms with Crippen molar-refractivity contribution in [2.75, 3.05) is 12.4 Å². The van der Waals surface area contributed by atoms with Crippen LogP contribution in [0.2, 0.25) is 0 Å². The van der Waals surface area contributed by atoms with Crippen LogP contribution >= 0.6 is 0 Å². The van der Waals surface area contributed by atoms with E-state index in [0.717, 1.165) is 48.3 Å². The Hall–Kier alpha value is -2.06. The highest BCUT2D eigenvalue weighted by molar-refractivity contribution is 7.89. The molecular weight excluding hydrogens is 403 g/mol. The summed E-state index contributed by atoms with van der Waals surface area (Å²) >= 11 is 0. The van der Waals surface area contributed by atoms with Crippen LogP contribution in [0.1, 0.15) is 35.1 Å². The molecule has 2 aliphatic rings. The molecule has 0 saturated heterocycles. The number of rotatable bonds is 7. The van der Waals surface area contributed by atoms with E-state index in [0.29, 0.717) is 18.6 Å². The molecule has 0 unspecified atom stereocenters. The molecule has 1 saturated carbocycles. The molecule has 4 rings (SSSR count). The molecule has 1 heterocycles. The first-order valence-electron chi connectivity index (χ1n) is 9.63. The van der Waals surface area contributed by atoms with Crippen LogP contribution in [0.3, 0.4) is 0 Å². The summed E-state index contributed by atoms with van der Waals surface area (Å²) in [4.78, 5) is 0. The molecule has 2 aromatic carbocycles. The summed E-state index contributed by atoms with van der Waals surface area (Å²) in [6.45, 7) is 0.753. The number of aryl methyl sites for hydroxylation is 1. The molecule has 1 aliphatic carbocycles. The van der Waals surface area contributed by atoms with Gasteiger partial charge in [0.15, 0.2) is 0 Å². The minimum absolute atomic E-state index is 0.0240. The van der Waals surface area contributed by atoms with Gasteiger partial charge >= 0.3 is 6.18 Å². The number of nitrogens with zero attached hydrogens (tertiary/aromatic N) is 1. The topological polar surface area (TPSA) is 46.6 Å². The number of benzene rings is 2. The second-order valence-electron chi connectivity index (χ2n) is 7.58. The van der Waals surface area contributed by atoms with Crippen LogP contribution in [0, 0.1) is 0 Å². The van der Waals surface area contributed by atoms with E-state index in [9.17, 15) is 21.6 Å². The normalized spacial score (nSPS) is 16.7. The molecule has 0 aromatic heterocycles. The number of halogens is 3. The molecule has 0 radical (unpaired) electrons. The number of alkyl halides is 3. The lowest BCUT2D eigenvalue weighted by atomic mass is 10.1. The van der Waals surface area contributed by atoms with Gasteiger partial charge < -0.3 is 4.74 Å². The van der Waals surface area contributed by atoms with Crippen LogP contribution in [0.5, 0.6) is 5.75 Å². The molecule has 2 aromatic rings. The Kier molecular flexibility index (Phi) is 5.33. The second-order valence-corrected chi connectivity index (χ2v) is 9.62. The van der Waals surface area contributed by atoms with Gasteiger partial charge in [0.25, 0.3) is 0 Å². The third kappa shape index (κ3) is 4.75. The Morgan fingerprint density at radius 2 is 1.72 bits per heavy atom. The number of fused-ring (bicyclic) bond motifs is 1. The fraction of sp³-hybridized carbons (Fsp3) is 0.429. The molecule has 0 spiro atoms. The van der Waals surface area contributed by atoms with Gasteiger partial charge in [-0.15, -0.1) is 0 Å². The largest absolute Gasteiger partial charge is 0.493 e. The molecule has 0 atom stereocenters. The van der Waals surface area contributed by atoms with Gasteiger partial charge in [0.1, 0.15) is 5.75 Å². The molecular formula is C21H22F3NO3S. The SMILES string of the molecule is O=S(=O)(CCc1ccc2c(c1)CCO2)N(Cc1ccc(C(F)(F)F)cc1)C1CC1. The van der Waals surface area contributed by atoms with Crippen LogP contribution < -0.4 is 4.74 Å². The van der Waals surface area contributed by atoms with E-state index >= 15 is 0 Å². The van der Waals surface area contributed by atoms with Crippen LogP contribution in [0.25, 0.3) is 0 Å². The van der Waals surface area contributed by atoms with Gasteiger partial charge in [-0.25, -0.2) is 8.42 Å². The molecule has 8 heteroatoms. The van der Waals surface area contributed by atoms with Crippen molar-refractivity contribution in [3.63, 3.8) is 0 Å². The van der Waals surface area contributed by atoms with Crippen molar-refractivity contribution >= 4 is 10.0 Å². The lowest BCUT2D eigenvalue weighted by molar-refractivity contribution is -0.137. The summed E-state index contributed by atoms with van der Waals surface area (Å²) in [6, 6.07) is 10.4. The zero-order valence-electron chi connectivity index (χ0n) is 15.8. The van der Waals surface area contributed by atoms with E-state index < -0.39 is 21.8 Å². The highest BCUT2D eigenvalue weighted by atomic mass is 32.2. The first-order chi connectivity index (χ1) is 13.7. The maximum atomic E-state index is 13.0. The standard InChI is InChI=1S/C21H22F3NO3S/c22-21(23,24)18-4-1-16(2-5-18)14-25(19-6-7-19)29(26,27)12-10-15-3-8-20-17(13-15)9-11-28-20/h1-5,8,13,19H,6-7,9-12,14H2. The second kappa shape index (κ2) is 7.65. The molecule has 1 fully saturated rings. The van der Waals surface area contributed by atoms with Crippen LogP contribution in [0.4, 0.5) is 13.2 Å². The first kappa shape index (κ1) is 20.2. The Morgan fingerprint density at radius 1 is 1.03 bits per heavy atom. The van der Waals surface area contributed by atoms with Gasteiger partial charge in [-0.3, -0.25) is 0 Å². The van der Waals surface area contributed by atoms with Crippen molar-refractivity contribution in [1.29, 1.82) is 0 Å². The smallest absolute Gasteiger partial charge is 0.416 e. The van der Waals surface area contributed by atoms with Crippen molar-refractivity contribution in [2.45, 2.75) is 44.4 Å². The molecule has 0 amide bonds. The van der Waals surface area contributed by atoms with Gasteiger partial charge in [-0.1, -0.05) is 24.3 Å². The Bertz CT molecular complexity index is 983. The Balaban J connectivity index is 1.44. The predicted octanol–water partition coefficient (Wildman–Crippen LogP) is 4.18. The zero-order valence-corrected chi connectivity index (χ0v) is 16.6. The van der Waals surface area contributed by atoms with E-state index in [1.54, 1.807) is 0 Å². The third-order valence-corrected chi connectivity index (χ3v) is 7.20. The van der Waals surface area contributed by atoms with E-state index in [4.69, 9.17) is 4.74 Å². The van der Waals surface area contributed by atoms with Crippen LogP contribution in [-0.2, 0) is 35.6 Å². The maximum Gasteiger partial charge on any atom is 0.416 e. The average Bonchev–Trinajstić information content (AvgIpc) is 3.40. The van der Waals surface area contributed by atoms with E-state index in [1.165, 1.54) is 16.4 Å². The highest BCUT2D eigenvalue weighted by Crippen LogP contribution is 2.33. The summed E-state index contributed by atoms with van der Waals surface area (Å²) in [5, 5.41) is 0. The molecule has 4 nitrogen and oxygen atoms in total. The van der Waals surface area contributed by atoms with Crippen molar-refractivity contribution in [3.05, 3.63) is 64.7 Å². The van der Waals surface area contributed by atoms with Gasteiger partial charge in [0.05, 0.1) is 17.9 Å². The minimum Gasteiger partial charge on any atom is -0.493 e. The zero-order chi connectivity index (χ0) is 20.6. The van der Waals surface area contributed by atoms with E-state index in [-0.39, 0.29) is 18.3 Å². The predicted molar refractivity (Wildman–Crippen MR) is 103 cm³/mol. The summed E-state index contributed by atoms with van der Waals surface area (Å²) in [7, 11) is -3.53. The van der Waals surface area contributed by atoms with Crippen molar-refractivity contribution < 1.29 is 26.3 Å². The molecule has 0 N–H and O–H groups in total. The first-order valence-corrected chi connectivity index (χ1v) is 11.2. The lowest BCUT2D eigenvalue weighted by Gasteiger charge is -2.22. The monoisotopic (exact) mass is 425 g/mol. The summed E-state index contributed by atoms with van der Waals surface area (Å²) in [5.41, 5.74) is 1.87. The van der Waals surface area contributed by atoms with E-state index in [2.05, 4.69) is 0 Å². The third-order valence-electron chi connectivity index (χ3n) is 5.33. The van der Waals surface area contributed by atoms with Crippen molar-refractivity contribution in [1.82, 2.24) is 4.31 Å². The number of ether oxygens (including phenoxy) is 1. The lowest BCUT2D eigenvalue weighted by Crippen LogP contribution is -2.35. The molecule has 1 aliphatic heterocycles. The number of hydrogen-bond acceptors (Lipinski definition) is 3. The Labute approximate surface area is 168 Å². The fourth-order valence-electron chi connectivity index (χ4n) is 3.56. The van der Waals surface area contributed by atoms with Gasteiger partial charge in [0.2, 0.25) is 10.0 Å². The van der Waals surface area contributed by atoms with Gasteiger partial charge in [0, 0.05) is 19.0 Å². The number of sulfonamides is 1. The highest BCUT2D eigenvalue weighted by Gasteiger charge is 2.37. The molecule has 156 valence electrons. The quantitative estimate of drug-likeness (QED) is 0.669. The van der Waals surface area contributed by atoms with Crippen LogP contribution in [0.15, 0.2) is 42.5 Å². The number of hydrogen-bond donors (Lipinski definition) is 0. The Morgan fingerprint density at radius 3 is 2.38 bits per heavy atom. The maximum absolute atomic E-state index is 13.0. The van der Waals surface area contributed by atoms with Crippen molar-refractivity contribution in [2.24, 2.45) is 0 Å². The summed E-state index contributed by atoms with van der Waals surface area (Å²) in [6.07, 6.45) is -1.60. The van der Waals surface area contributed by atoms with Crippen molar-refractivity contribution in [3.8, 4) is 5.75 Å². The van der Waals surface area contributed by atoms with Gasteiger partial charge in [-0.05, 0) is 54.2 Å². The van der Waals surface area contributed by atoms with Gasteiger partial charge in [-0.2, -0.15) is 17.5 Å². The molecule has 29 heavy (non-hydrogen) atoms. The minimum atomic E-state index is -4.40. The molecule has 0 bridgehead atoms. The fourth-order valence-corrected chi connectivity index (χ4v) is 5.29. The van der Waals surface area contributed by atoms with Crippen LogP contribution in [-0.4, -0.2) is 31.1 Å².